The lowest BCUT2D eigenvalue weighted by Gasteiger charge is -2.22. The third-order valence-electron chi connectivity index (χ3n) is 4.45. The fraction of sp³-hybridized carbons (Fsp3) is 0.368. The fourth-order valence-corrected chi connectivity index (χ4v) is 3.03. The lowest BCUT2D eigenvalue weighted by atomic mass is 9.96. The van der Waals surface area contributed by atoms with E-state index in [0.717, 1.165) is 37.8 Å². The number of urea groups is 1. The van der Waals surface area contributed by atoms with Gasteiger partial charge in [0.15, 0.2) is 0 Å². The Bertz CT molecular complexity index is 754. The van der Waals surface area contributed by atoms with Crippen molar-refractivity contribution in [3.8, 4) is 0 Å². The molecule has 0 atom stereocenters. The van der Waals surface area contributed by atoms with E-state index >= 15 is 0 Å². The van der Waals surface area contributed by atoms with Gasteiger partial charge in [-0.05, 0) is 49.2 Å². The molecule has 3 N–H and O–H groups in total. The minimum absolute atomic E-state index is 0.215. The molecule has 5 nitrogen and oxygen atoms in total. The van der Waals surface area contributed by atoms with Gasteiger partial charge in [-0.3, -0.25) is 0 Å². The third-order valence-corrected chi connectivity index (χ3v) is 4.45. The Labute approximate surface area is 155 Å². The van der Waals surface area contributed by atoms with E-state index in [-0.39, 0.29) is 12.1 Å². The molecule has 1 aliphatic rings. The number of benzene rings is 1. The number of anilines is 3. The topological polar surface area (TPSA) is 66.0 Å². The second kappa shape index (κ2) is 8.28. The molecule has 0 unspecified atom stereocenters. The van der Waals surface area contributed by atoms with Gasteiger partial charge < -0.3 is 16.0 Å². The van der Waals surface area contributed by atoms with Crippen molar-refractivity contribution in [2.75, 3.05) is 10.6 Å². The van der Waals surface area contributed by atoms with E-state index < -0.39 is 11.7 Å². The molecule has 2 amide bonds. The third kappa shape index (κ3) is 5.60. The van der Waals surface area contributed by atoms with E-state index in [1.54, 1.807) is 12.1 Å². The second-order valence-corrected chi connectivity index (χ2v) is 6.57. The van der Waals surface area contributed by atoms with Crippen molar-refractivity contribution in [3.05, 3.63) is 48.2 Å². The molecule has 0 saturated heterocycles. The number of amides is 2. The maximum Gasteiger partial charge on any atom is 0.416 e. The number of alkyl halides is 3. The van der Waals surface area contributed by atoms with Gasteiger partial charge in [0.05, 0.1) is 17.4 Å². The summed E-state index contributed by atoms with van der Waals surface area (Å²) in [7, 11) is 0. The first-order valence-corrected chi connectivity index (χ1v) is 8.88. The number of nitrogens with zero attached hydrogens (tertiary/aromatic N) is 1. The van der Waals surface area contributed by atoms with Crippen LogP contribution in [-0.4, -0.2) is 17.1 Å². The Morgan fingerprint density at radius 2 is 1.63 bits per heavy atom. The average molecular weight is 378 g/mol. The molecule has 0 radical (unpaired) electrons. The summed E-state index contributed by atoms with van der Waals surface area (Å²) in [4.78, 5) is 16.2. The van der Waals surface area contributed by atoms with Gasteiger partial charge in [-0.25, -0.2) is 9.78 Å². The van der Waals surface area contributed by atoms with Crippen LogP contribution in [0.15, 0.2) is 42.6 Å². The molecule has 1 aliphatic carbocycles. The number of nitrogens with one attached hydrogen (secondary N) is 3. The summed E-state index contributed by atoms with van der Waals surface area (Å²) >= 11 is 0. The summed E-state index contributed by atoms with van der Waals surface area (Å²) in [5, 5.41) is 8.61. The Morgan fingerprint density at radius 1 is 0.963 bits per heavy atom. The van der Waals surface area contributed by atoms with Gasteiger partial charge in [-0.15, -0.1) is 0 Å². The monoisotopic (exact) mass is 378 g/mol. The van der Waals surface area contributed by atoms with Crippen molar-refractivity contribution < 1.29 is 18.0 Å². The largest absolute Gasteiger partial charge is 0.416 e. The lowest BCUT2D eigenvalue weighted by Crippen LogP contribution is -2.39. The van der Waals surface area contributed by atoms with Crippen molar-refractivity contribution in [1.82, 2.24) is 10.3 Å². The van der Waals surface area contributed by atoms with Crippen molar-refractivity contribution in [2.45, 2.75) is 44.3 Å². The van der Waals surface area contributed by atoms with Crippen molar-refractivity contribution >= 4 is 23.2 Å². The first-order valence-electron chi connectivity index (χ1n) is 8.88. The van der Waals surface area contributed by atoms with Gasteiger partial charge in [0.25, 0.3) is 0 Å². The second-order valence-electron chi connectivity index (χ2n) is 6.57. The smallest absolute Gasteiger partial charge is 0.340 e. The Balaban J connectivity index is 1.53. The maximum atomic E-state index is 12.6. The van der Waals surface area contributed by atoms with E-state index in [9.17, 15) is 18.0 Å². The normalized spacial score (nSPS) is 15.2. The Morgan fingerprint density at radius 3 is 2.22 bits per heavy atom. The summed E-state index contributed by atoms with van der Waals surface area (Å²) in [5.41, 5.74) is 0.331. The van der Waals surface area contributed by atoms with Crippen LogP contribution < -0.4 is 16.0 Å². The van der Waals surface area contributed by atoms with E-state index in [2.05, 4.69) is 20.9 Å². The Kier molecular flexibility index (Phi) is 5.83. The van der Waals surface area contributed by atoms with E-state index in [1.807, 2.05) is 0 Å². The predicted octanol–water partition coefficient (Wildman–Crippen LogP) is 5.30. The van der Waals surface area contributed by atoms with Crippen LogP contribution in [0.1, 0.15) is 37.7 Å². The van der Waals surface area contributed by atoms with Crippen molar-refractivity contribution in [2.24, 2.45) is 0 Å². The lowest BCUT2D eigenvalue weighted by molar-refractivity contribution is -0.137. The van der Waals surface area contributed by atoms with Crippen LogP contribution in [0.2, 0.25) is 0 Å². The van der Waals surface area contributed by atoms with Gasteiger partial charge in [-0.2, -0.15) is 13.2 Å². The van der Waals surface area contributed by atoms with E-state index in [4.69, 9.17) is 0 Å². The van der Waals surface area contributed by atoms with Gasteiger partial charge in [-0.1, -0.05) is 19.3 Å². The maximum absolute atomic E-state index is 12.6. The van der Waals surface area contributed by atoms with Crippen LogP contribution in [-0.2, 0) is 6.18 Å². The molecular weight excluding hydrogens is 357 g/mol. The highest BCUT2D eigenvalue weighted by Crippen LogP contribution is 2.30. The molecule has 1 fully saturated rings. The highest BCUT2D eigenvalue weighted by molar-refractivity contribution is 5.89. The number of aromatic nitrogens is 1. The zero-order valence-corrected chi connectivity index (χ0v) is 14.6. The van der Waals surface area contributed by atoms with Crippen LogP contribution >= 0.6 is 0 Å². The molecule has 8 heteroatoms. The predicted molar refractivity (Wildman–Crippen MR) is 98.0 cm³/mol. The van der Waals surface area contributed by atoms with Crippen LogP contribution in [0.4, 0.5) is 35.2 Å². The fourth-order valence-electron chi connectivity index (χ4n) is 3.03. The average Bonchev–Trinajstić information content (AvgIpc) is 2.64. The van der Waals surface area contributed by atoms with Crippen LogP contribution in [0, 0.1) is 0 Å². The molecule has 1 aromatic carbocycles. The molecule has 0 spiro atoms. The highest BCUT2D eigenvalue weighted by Gasteiger charge is 2.29. The minimum atomic E-state index is -4.36. The molecule has 2 aromatic rings. The molecule has 27 heavy (non-hydrogen) atoms. The zero-order valence-electron chi connectivity index (χ0n) is 14.6. The number of pyridine rings is 1. The van der Waals surface area contributed by atoms with E-state index in [0.29, 0.717) is 17.2 Å². The number of carbonyl (C=O) groups excluding carboxylic acids is 1. The number of hydrogen-bond donors (Lipinski definition) is 3. The summed E-state index contributed by atoms with van der Waals surface area (Å²) in [5.74, 6) is 0.466. The van der Waals surface area contributed by atoms with Crippen LogP contribution in [0.5, 0.6) is 0 Å². The molecule has 144 valence electrons. The molecular formula is C19H21F3N4O. The minimum Gasteiger partial charge on any atom is -0.340 e. The van der Waals surface area contributed by atoms with E-state index in [1.165, 1.54) is 24.8 Å². The highest BCUT2D eigenvalue weighted by atomic mass is 19.4. The van der Waals surface area contributed by atoms with Crippen LogP contribution in [0.25, 0.3) is 0 Å². The first-order chi connectivity index (χ1) is 12.9. The summed E-state index contributed by atoms with van der Waals surface area (Å²) in [6.45, 7) is 0. The molecule has 0 aliphatic heterocycles. The SMILES string of the molecule is O=C(Nc1ccc(Nc2ccc(C(F)(F)F)cc2)nc1)NC1CCCCC1. The molecule has 3 rings (SSSR count). The summed E-state index contributed by atoms with van der Waals surface area (Å²) in [6.07, 6.45) is 2.63. The van der Waals surface area contributed by atoms with Gasteiger partial charge in [0.2, 0.25) is 0 Å². The van der Waals surface area contributed by atoms with Crippen LogP contribution in [0.3, 0.4) is 0 Å². The molecule has 1 saturated carbocycles. The summed E-state index contributed by atoms with van der Waals surface area (Å²) in [6, 6.07) is 7.98. The number of rotatable bonds is 4. The number of carbonyl (C=O) groups is 1. The van der Waals surface area contributed by atoms with Gasteiger partial charge in [0.1, 0.15) is 5.82 Å². The molecule has 1 heterocycles. The Hall–Kier alpha value is -2.77. The van der Waals surface area contributed by atoms with Crippen molar-refractivity contribution in [1.29, 1.82) is 0 Å². The standard InChI is InChI=1S/C19H21F3N4O/c20-19(21,22)13-6-8-15(9-7-13)24-17-11-10-16(12-23-17)26-18(27)25-14-4-2-1-3-5-14/h6-12,14H,1-5H2,(H,23,24)(H2,25,26,27). The van der Waals surface area contributed by atoms with Crippen molar-refractivity contribution in [3.63, 3.8) is 0 Å². The van der Waals surface area contributed by atoms with Gasteiger partial charge >= 0.3 is 12.2 Å². The summed E-state index contributed by atoms with van der Waals surface area (Å²) < 4.78 is 37.7. The first kappa shape index (κ1) is 19.0. The number of halogens is 3. The molecule has 0 bridgehead atoms. The molecule has 1 aromatic heterocycles. The zero-order chi connectivity index (χ0) is 19.3. The number of hydrogen-bond acceptors (Lipinski definition) is 3. The quantitative estimate of drug-likeness (QED) is 0.676. The van der Waals surface area contributed by atoms with Gasteiger partial charge in [0, 0.05) is 11.7 Å².